The molecule has 1 aliphatic carbocycles. The third-order valence-electron chi connectivity index (χ3n) is 8.82. The van der Waals surface area contributed by atoms with Gasteiger partial charge in [-0.2, -0.15) is 26.3 Å². The fourth-order valence-corrected chi connectivity index (χ4v) is 6.71. The van der Waals surface area contributed by atoms with Crippen LogP contribution in [0, 0.1) is 29.1 Å². The van der Waals surface area contributed by atoms with Crippen LogP contribution in [0.5, 0.6) is 0 Å². The summed E-state index contributed by atoms with van der Waals surface area (Å²) in [4.78, 5) is 0. The standard InChI is InChI=1S/C35H18F11N/c1-33(2)20-9-5-3-7-16(20)18-13-19-17-8-4-6-10-24(17)47(25(19)14-21(18)33)32-22(34(41,42)43)11-15(12-23(32)35(44,45)46)26-27(36)29(38)31(40)30(39)28(26)37/h3-14H,1-2H3. The predicted octanol–water partition coefficient (Wildman–Crippen LogP) is 11.5. The summed E-state index contributed by atoms with van der Waals surface area (Å²) in [6.07, 6.45) is -11.2. The van der Waals surface area contributed by atoms with Crippen LogP contribution in [0.2, 0.25) is 0 Å². The molecule has 0 radical (unpaired) electrons. The molecule has 0 fully saturated rings. The lowest BCUT2D eigenvalue weighted by molar-refractivity contribution is -0.142. The van der Waals surface area contributed by atoms with Crippen molar-refractivity contribution in [3.05, 3.63) is 124 Å². The first kappa shape index (κ1) is 30.8. The summed E-state index contributed by atoms with van der Waals surface area (Å²) in [5.41, 5.74) is -6.48. The van der Waals surface area contributed by atoms with Crippen LogP contribution in [0.25, 0.3) is 49.7 Å². The number of benzene rings is 5. The first-order valence-electron chi connectivity index (χ1n) is 14.0. The Balaban J connectivity index is 1.65. The number of hydrogen-bond donors (Lipinski definition) is 0. The van der Waals surface area contributed by atoms with Crippen LogP contribution in [0.15, 0.2) is 72.8 Å². The Morgan fingerprint density at radius 3 is 1.66 bits per heavy atom. The second kappa shape index (κ2) is 9.82. The third-order valence-corrected chi connectivity index (χ3v) is 8.82. The van der Waals surface area contributed by atoms with Crippen molar-refractivity contribution < 1.29 is 48.3 Å². The molecule has 1 aromatic heterocycles. The van der Waals surface area contributed by atoms with E-state index < -0.39 is 74.8 Å². The first-order valence-corrected chi connectivity index (χ1v) is 14.0. The van der Waals surface area contributed by atoms with Crippen molar-refractivity contribution in [2.45, 2.75) is 31.6 Å². The number of halogens is 11. The van der Waals surface area contributed by atoms with Gasteiger partial charge >= 0.3 is 12.4 Å². The fourth-order valence-electron chi connectivity index (χ4n) is 6.71. The van der Waals surface area contributed by atoms with Gasteiger partial charge in [-0.3, -0.25) is 0 Å². The van der Waals surface area contributed by atoms with Gasteiger partial charge in [0.05, 0.1) is 33.4 Å². The van der Waals surface area contributed by atoms with Crippen LogP contribution in [0.1, 0.15) is 36.1 Å². The average Bonchev–Trinajstić information content (AvgIpc) is 3.45. The Kier molecular flexibility index (Phi) is 6.43. The van der Waals surface area contributed by atoms with Gasteiger partial charge in [-0.1, -0.05) is 56.3 Å². The lowest BCUT2D eigenvalue weighted by Gasteiger charge is -2.24. The summed E-state index contributed by atoms with van der Waals surface area (Å²) in [6.45, 7) is 3.75. The van der Waals surface area contributed by atoms with Crippen molar-refractivity contribution >= 4 is 21.8 Å². The Labute approximate surface area is 258 Å². The van der Waals surface area contributed by atoms with E-state index >= 15 is 0 Å². The number of alkyl halides is 6. The van der Waals surface area contributed by atoms with Gasteiger partial charge < -0.3 is 4.57 Å². The smallest absolute Gasteiger partial charge is 0.308 e. The number of para-hydroxylation sites is 1. The van der Waals surface area contributed by atoms with Crippen molar-refractivity contribution in [1.82, 2.24) is 4.57 Å². The summed E-state index contributed by atoms with van der Waals surface area (Å²) in [6, 6.07) is 16.4. The normalized spacial score (nSPS) is 14.2. The Bertz CT molecular complexity index is 2240. The van der Waals surface area contributed by atoms with Crippen LogP contribution in [0.3, 0.4) is 0 Å². The van der Waals surface area contributed by atoms with Gasteiger partial charge in [0.25, 0.3) is 0 Å². The highest BCUT2D eigenvalue weighted by Crippen LogP contribution is 2.52. The molecular weight excluding hydrogens is 643 g/mol. The van der Waals surface area contributed by atoms with Gasteiger partial charge in [0.1, 0.15) is 0 Å². The summed E-state index contributed by atoms with van der Waals surface area (Å²) < 4.78 is 161. The number of fused-ring (bicyclic) bond motifs is 6. The highest BCUT2D eigenvalue weighted by atomic mass is 19.4. The maximum atomic E-state index is 14.9. The molecule has 1 aliphatic rings. The SMILES string of the molecule is CC1(C)c2ccccc2-c2cc3c4ccccc4n(-c4c(C(F)(F)F)cc(-c5c(F)c(F)c(F)c(F)c5F)cc4C(F)(F)F)c3cc21. The summed E-state index contributed by atoms with van der Waals surface area (Å²) >= 11 is 0. The zero-order valence-corrected chi connectivity index (χ0v) is 24.0. The second-order valence-electron chi connectivity index (χ2n) is 11.8. The van der Waals surface area contributed by atoms with Crippen LogP contribution < -0.4 is 0 Å². The lowest BCUT2D eigenvalue weighted by Crippen LogP contribution is -2.19. The van der Waals surface area contributed by atoms with Gasteiger partial charge in [-0.25, -0.2) is 22.0 Å². The Morgan fingerprint density at radius 1 is 0.532 bits per heavy atom. The minimum absolute atomic E-state index is 0.0224. The van der Waals surface area contributed by atoms with Gasteiger partial charge in [0.15, 0.2) is 23.3 Å². The molecule has 1 heterocycles. The third kappa shape index (κ3) is 4.29. The van der Waals surface area contributed by atoms with E-state index in [-0.39, 0.29) is 23.2 Å². The maximum absolute atomic E-state index is 14.9. The topological polar surface area (TPSA) is 4.93 Å². The molecule has 0 N–H and O–H groups in total. The largest absolute Gasteiger partial charge is 0.418 e. The molecule has 240 valence electrons. The van der Waals surface area contributed by atoms with E-state index in [1.165, 1.54) is 24.3 Å². The average molecular weight is 662 g/mol. The molecule has 0 aliphatic heterocycles. The molecule has 5 aromatic carbocycles. The zero-order valence-electron chi connectivity index (χ0n) is 24.0. The van der Waals surface area contributed by atoms with Crippen molar-refractivity contribution in [3.63, 3.8) is 0 Å². The molecule has 0 saturated carbocycles. The van der Waals surface area contributed by atoms with E-state index in [4.69, 9.17) is 0 Å². The Morgan fingerprint density at radius 2 is 1.06 bits per heavy atom. The van der Waals surface area contributed by atoms with Crippen LogP contribution in [0.4, 0.5) is 48.3 Å². The second-order valence-corrected chi connectivity index (χ2v) is 11.8. The minimum atomic E-state index is -5.60. The van der Waals surface area contributed by atoms with Gasteiger partial charge in [0, 0.05) is 16.2 Å². The lowest BCUT2D eigenvalue weighted by atomic mass is 9.82. The van der Waals surface area contributed by atoms with E-state index in [1.54, 1.807) is 12.1 Å². The van der Waals surface area contributed by atoms with Crippen LogP contribution in [-0.2, 0) is 17.8 Å². The van der Waals surface area contributed by atoms with E-state index in [0.29, 0.717) is 16.3 Å². The number of hydrogen-bond acceptors (Lipinski definition) is 0. The molecule has 6 aromatic rings. The van der Waals surface area contributed by atoms with Crippen molar-refractivity contribution in [2.75, 3.05) is 0 Å². The molecular formula is C35H18F11N. The molecule has 0 bridgehead atoms. The molecule has 0 atom stereocenters. The quantitative estimate of drug-likeness (QED) is 0.0989. The highest BCUT2D eigenvalue weighted by molar-refractivity contribution is 6.12. The van der Waals surface area contributed by atoms with Crippen molar-refractivity contribution in [1.29, 1.82) is 0 Å². The first-order chi connectivity index (χ1) is 21.9. The van der Waals surface area contributed by atoms with E-state index in [9.17, 15) is 48.3 Å². The van der Waals surface area contributed by atoms with Crippen LogP contribution >= 0.6 is 0 Å². The summed E-state index contributed by atoms with van der Waals surface area (Å²) in [7, 11) is 0. The Hall–Kier alpha value is -4.87. The summed E-state index contributed by atoms with van der Waals surface area (Å²) in [5.74, 6) is -12.8. The molecule has 12 heteroatoms. The van der Waals surface area contributed by atoms with Crippen molar-refractivity contribution in [3.8, 4) is 27.9 Å². The van der Waals surface area contributed by atoms with Gasteiger partial charge in [-0.05, 0) is 58.1 Å². The number of rotatable bonds is 2. The molecule has 47 heavy (non-hydrogen) atoms. The highest BCUT2D eigenvalue weighted by Gasteiger charge is 2.44. The van der Waals surface area contributed by atoms with Gasteiger partial charge in [-0.15, -0.1) is 0 Å². The minimum Gasteiger partial charge on any atom is -0.308 e. The molecule has 0 spiro atoms. The molecule has 0 saturated heterocycles. The van der Waals surface area contributed by atoms with E-state index in [0.717, 1.165) is 21.3 Å². The van der Waals surface area contributed by atoms with Gasteiger partial charge in [0.2, 0.25) is 5.82 Å². The van der Waals surface area contributed by atoms with E-state index in [1.807, 2.05) is 38.1 Å². The maximum Gasteiger partial charge on any atom is 0.418 e. The fraction of sp³-hybridized carbons (Fsp3) is 0.143. The van der Waals surface area contributed by atoms with E-state index in [2.05, 4.69) is 0 Å². The monoisotopic (exact) mass is 661 g/mol. The number of nitrogens with zero attached hydrogens (tertiary/aromatic N) is 1. The molecule has 0 amide bonds. The molecule has 0 unspecified atom stereocenters. The summed E-state index contributed by atoms with van der Waals surface area (Å²) in [5, 5.41) is 0.648. The number of aromatic nitrogens is 1. The predicted molar refractivity (Wildman–Crippen MR) is 154 cm³/mol. The molecule has 1 nitrogen and oxygen atoms in total. The molecule has 7 rings (SSSR count). The van der Waals surface area contributed by atoms with Crippen LogP contribution in [-0.4, -0.2) is 4.57 Å². The zero-order chi connectivity index (χ0) is 34.0. The van der Waals surface area contributed by atoms with Crippen molar-refractivity contribution in [2.24, 2.45) is 0 Å².